The predicted octanol–water partition coefficient (Wildman–Crippen LogP) is 17.5. The van der Waals surface area contributed by atoms with E-state index in [2.05, 4.69) is 252 Å². The molecule has 2 aliphatic rings. The second kappa shape index (κ2) is 13.9. The standard InChI is InChI=1S/C67H40N2O/c1-2-16-44(17-3-1)68-61-27-13-7-21-50(61)52-33-30-41(38-63(52)68)43-36-55(66-56(37-43)54-23-9-15-29-65(54)70-66)42-31-34-53-51-22-8-14-28-62(51)69(64(53)39-42)45-32-35-49-48-20-6-12-26-59(48)67(60(49)40-45)57-24-10-4-18-46(57)47-19-5-11-25-58(47)67/h1-40H. The minimum atomic E-state index is -0.440. The van der Waals surface area contributed by atoms with Gasteiger partial charge in [0, 0.05) is 49.3 Å². The Labute approximate surface area is 403 Å². The van der Waals surface area contributed by atoms with Crippen molar-refractivity contribution < 1.29 is 4.42 Å². The number of fused-ring (bicyclic) bond motifs is 19. The van der Waals surface area contributed by atoms with Crippen LogP contribution >= 0.6 is 0 Å². The van der Waals surface area contributed by atoms with Crippen molar-refractivity contribution in [2.45, 2.75) is 5.41 Å². The van der Waals surface area contributed by atoms with Gasteiger partial charge in [-0.3, -0.25) is 0 Å². The molecule has 11 aromatic carbocycles. The maximum absolute atomic E-state index is 6.88. The number of benzene rings is 11. The van der Waals surface area contributed by atoms with E-state index < -0.39 is 5.41 Å². The van der Waals surface area contributed by atoms with Crippen LogP contribution in [-0.4, -0.2) is 9.13 Å². The van der Waals surface area contributed by atoms with Gasteiger partial charge in [0.1, 0.15) is 11.2 Å². The van der Waals surface area contributed by atoms with Crippen LogP contribution in [-0.2, 0) is 5.41 Å². The SMILES string of the molecule is c1ccc(-n2c3ccccc3c3ccc(-c4cc(-c5ccc6c7ccccc7n(-c7ccc8c(c7)C7(c9ccccc9-c9ccccc97)c7ccccc7-8)c6c5)c5oc6ccccc6c5c4)cc32)cc1. The molecular formula is C67H40N2O. The molecule has 0 N–H and O–H groups in total. The van der Waals surface area contributed by atoms with E-state index in [-0.39, 0.29) is 0 Å². The molecule has 0 saturated heterocycles. The molecule has 14 aromatic rings. The summed E-state index contributed by atoms with van der Waals surface area (Å²) in [5, 5.41) is 7.13. The van der Waals surface area contributed by atoms with Crippen LogP contribution in [0, 0.1) is 0 Å². The summed E-state index contributed by atoms with van der Waals surface area (Å²) < 4.78 is 11.8. The van der Waals surface area contributed by atoms with Gasteiger partial charge in [-0.15, -0.1) is 0 Å². The summed E-state index contributed by atoms with van der Waals surface area (Å²) in [5.74, 6) is 0. The van der Waals surface area contributed by atoms with E-state index in [1.54, 1.807) is 0 Å². The van der Waals surface area contributed by atoms with Gasteiger partial charge >= 0.3 is 0 Å². The number of furan rings is 1. The Morgan fingerprint density at radius 3 is 1.43 bits per heavy atom. The number of para-hydroxylation sites is 4. The summed E-state index contributed by atoms with van der Waals surface area (Å²) in [4.78, 5) is 0. The van der Waals surface area contributed by atoms with E-state index >= 15 is 0 Å². The largest absolute Gasteiger partial charge is 0.455 e. The molecule has 0 unspecified atom stereocenters. The highest BCUT2D eigenvalue weighted by Gasteiger charge is 2.51. The smallest absolute Gasteiger partial charge is 0.143 e. The van der Waals surface area contributed by atoms with Gasteiger partial charge in [-0.25, -0.2) is 0 Å². The Balaban J connectivity index is 0.935. The quantitative estimate of drug-likeness (QED) is 0.173. The van der Waals surface area contributed by atoms with Crippen molar-refractivity contribution in [3.63, 3.8) is 0 Å². The molecule has 0 aliphatic heterocycles. The summed E-state index contributed by atoms with van der Waals surface area (Å²) in [6.45, 7) is 0. The molecule has 1 spiro atoms. The average molecular weight is 889 g/mol. The lowest BCUT2D eigenvalue weighted by Gasteiger charge is -2.30. The van der Waals surface area contributed by atoms with Crippen LogP contribution in [0.25, 0.3) is 121 Å². The van der Waals surface area contributed by atoms with Gasteiger partial charge < -0.3 is 13.6 Å². The highest BCUT2D eigenvalue weighted by atomic mass is 16.3. The third-order valence-electron chi connectivity index (χ3n) is 15.7. The molecule has 70 heavy (non-hydrogen) atoms. The Hall–Kier alpha value is -9.18. The third-order valence-corrected chi connectivity index (χ3v) is 15.7. The number of nitrogens with zero attached hydrogens (tertiary/aromatic N) is 2. The van der Waals surface area contributed by atoms with Crippen LogP contribution in [0.1, 0.15) is 22.3 Å². The molecule has 0 fully saturated rings. The molecule has 3 nitrogen and oxygen atoms in total. The summed E-state index contributed by atoms with van der Waals surface area (Å²) in [6, 6.07) is 89.8. The first kappa shape index (κ1) is 37.9. The second-order valence-electron chi connectivity index (χ2n) is 19.1. The minimum absolute atomic E-state index is 0.440. The summed E-state index contributed by atoms with van der Waals surface area (Å²) in [6.07, 6.45) is 0. The van der Waals surface area contributed by atoms with Crippen LogP contribution < -0.4 is 0 Å². The van der Waals surface area contributed by atoms with Crippen molar-refractivity contribution in [3.05, 3.63) is 265 Å². The maximum atomic E-state index is 6.88. The zero-order valence-corrected chi connectivity index (χ0v) is 37.9. The Morgan fingerprint density at radius 1 is 0.271 bits per heavy atom. The third kappa shape index (κ3) is 4.92. The van der Waals surface area contributed by atoms with E-state index in [1.807, 2.05) is 0 Å². The molecule has 0 radical (unpaired) electrons. The van der Waals surface area contributed by atoms with Crippen molar-refractivity contribution in [1.29, 1.82) is 0 Å². The minimum Gasteiger partial charge on any atom is -0.455 e. The van der Waals surface area contributed by atoms with E-state index in [0.717, 1.165) is 61.1 Å². The van der Waals surface area contributed by atoms with Gasteiger partial charge in [-0.05, 0) is 128 Å². The predicted molar refractivity (Wildman–Crippen MR) is 290 cm³/mol. The topological polar surface area (TPSA) is 23.0 Å². The molecule has 0 amide bonds. The monoisotopic (exact) mass is 888 g/mol. The van der Waals surface area contributed by atoms with Crippen molar-refractivity contribution in [2.24, 2.45) is 0 Å². The molecule has 16 rings (SSSR count). The molecule has 3 heterocycles. The van der Waals surface area contributed by atoms with Crippen LogP contribution in [0.2, 0.25) is 0 Å². The molecule has 3 heteroatoms. The Kier molecular flexibility index (Phi) is 7.54. The fourth-order valence-corrected chi connectivity index (χ4v) is 12.9. The summed E-state index contributed by atoms with van der Waals surface area (Å²) >= 11 is 0. The number of hydrogen-bond acceptors (Lipinski definition) is 1. The molecule has 324 valence electrons. The highest BCUT2D eigenvalue weighted by molar-refractivity contribution is 6.15. The summed E-state index contributed by atoms with van der Waals surface area (Å²) in [5.41, 5.74) is 23.4. The zero-order chi connectivity index (χ0) is 45.7. The van der Waals surface area contributed by atoms with Crippen molar-refractivity contribution in [2.75, 3.05) is 0 Å². The highest BCUT2D eigenvalue weighted by Crippen LogP contribution is 2.63. The van der Waals surface area contributed by atoms with Crippen LogP contribution in [0.3, 0.4) is 0 Å². The van der Waals surface area contributed by atoms with Gasteiger partial charge in [0.15, 0.2) is 0 Å². The van der Waals surface area contributed by atoms with E-state index in [0.29, 0.717) is 0 Å². The first-order valence-corrected chi connectivity index (χ1v) is 24.2. The van der Waals surface area contributed by atoms with Gasteiger partial charge in [-0.2, -0.15) is 0 Å². The van der Waals surface area contributed by atoms with Crippen molar-refractivity contribution in [1.82, 2.24) is 9.13 Å². The molecular weight excluding hydrogens is 849 g/mol. The maximum Gasteiger partial charge on any atom is 0.143 e. The van der Waals surface area contributed by atoms with Crippen LogP contribution in [0.4, 0.5) is 0 Å². The Bertz CT molecular complexity index is 4480. The van der Waals surface area contributed by atoms with Crippen molar-refractivity contribution in [3.8, 4) is 55.9 Å². The number of rotatable bonds is 4. The number of aromatic nitrogens is 2. The first-order valence-electron chi connectivity index (χ1n) is 24.2. The van der Waals surface area contributed by atoms with Crippen molar-refractivity contribution >= 4 is 65.6 Å². The van der Waals surface area contributed by atoms with E-state index in [1.165, 1.54) is 82.6 Å². The summed E-state index contributed by atoms with van der Waals surface area (Å²) in [7, 11) is 0. The van der Waals surface area contributed by atoms with Gasteiger partial charge in [0.25, 0.3) is 0 Å². The van der Waals surface area contributed by atoms with E-state index in [4.69, 9.17) is 4.42 Å². The fourth-order valence-electron chi connectivity index (χ4n) is 12.9. The van der Waals surface area contributed by atoms with Crippen LogP contribution in [0.15, 0.2) is 247 Å². The molecule has 0 bridgehead atoms. The van der Waals surface area contributed by atoms with Gasteiger partial charge in [0.05, 0.1) is 27.5 Å². The molecule has 3 aromatic heterocycles. The lowest BCUT2D eigenvalue weighted by molar-refractivity contribution is 0.670. The number of hydrogen-bond donors (Lipinski definition) is 0. The van der Waals surface area contributed by atoms with Gasteiger partial charge in [-0.1, -0.05) is 176 Å². The average Bonchev–Trinajstić information content (AvgIpc) is 4.21. The molecule has 2 aliphatic carbocycles. The first-order chi connectivity index (χ1) is 34.7. The van der Waals surface area contributed by atoms with E-state index in [9.17, 15) is 0 Å². The normalized spacial score (nSPS) is 13.3. The fraction of sp³-hybridized carbons (Fsp3) is 0.0149. The van der Waals surface area contributed by atoms with Gasteiger partial charge in [0.2, 0.25) is 0 Å². The Morgan fingerprint density at radius 2 is 0.771 bits per heavy atom. The second-order valence-corrected chi connectivity index (χ2v) is 19.1. The zero-order valence-electron chi connectivity index (χ0n) is 37.9. The molecule has 0 atom stereocenters. The lowest BCUT2D eigenvalue weighted by Crippen LogP contribution is -2.26. The molecule has 0 saturated carbocycles. The van der Waals surface area contributed by atoms with Crippen LogP contribution in [0.5, 0.6) is 0 Å². The lowest BCUT2D eigenvalue weighted by atomic mass is 9.70.